The fourth-order valence-electron chi connectivity index (χ4n) is 1.59. The molecule has 0 bridgehead atoms. The zero-order valence-electron chi connectivity index (χ0n) is 10.1. The number of ether oxygens (including phenoxy) is 2. The molecule has 4 nitrogen and oxygen atoms in total. The van der Waals surface area contributed by atoms with Crippen LogP contribution in [-0.4, -0.2) is 31.6 Å². The second kappa shape index (κ2) is 6.18. The van der Waals surface area contributed by atoms with Crippen LogP contribution in [0.2, 0.25) is 0 Å². The van der Waals surface area contributed by atoms with E-state index in [2.05, 4.69) is 0 Å². The van der Waals surface area contributed by atoms with Crippen LogP contribution in [0.5, 0.6) is 0 Å². The minimum atomic E-state index is -0.983. The number of carboxylic acid groups (broad SMARTS) is 1. The molecule has 1 N–H and O–H groups in total. The molecule has 1 aromatic rings. The number of hydrogen-bond donors (Lipinski definition) is 1. The van der Waals surface area contributed by atoms with Gasteiger partial charge in [-0.15, -0.1) is 0 Å². The number of rotatable bonds is 5. The van der Waals surface area contributed by atoms with Crippen molar-refractivity contribution in [2.24, 2.45) is 0 Å². The van der Waals surface area contributed by atoms with Gasteiger partial charge >= 0.3 is 5.97 Å². The van der Waals surface area contributed by atoms with E-state index in [1.807, 2.05) is 30.3 Å². The standard InChI is InChI=1S/C13H16O4/c1-9(12(14)15)11(13(16-2)17-3)10-7-5-4-6-8-10/h4-8,13H,1-3H3,(H,14,15). The lowest BCUT2D eigenvalue weighted by Gasteiger charge is -2.19. The Labute approximate surface area is 100 Å². The number of benzene rings is 1. The first-order valence-electron chi connectivity index (χ1n) is 5.16. The van der Waals surface area contributed by atoms with Gasteiger partial charge in [-0.25, -0.2) is 4.79 Å². The van der Waals surface area contributed by atoms with E-state index in [4.69, 9.17) is 14.6 Å². The van der Waals surface area contributed by atoms with Crippen LogP contribution in [0, 0.1) is 0 Å². The molecule has 17 heavy (non-hydrogen) atoms. The Balaban J connectivity index is 3.30. The zero-order chi connectivity index (χ0) is 12.8. The fourth-order valence-corrected chi connectivity index (χ4v) is 1.59. The summed E-state index contributed by atoms with van der Waals surface area (Å²) < 4.78 is 10.3. The molecule has 0 aliphatic heterocycles. The largest absolute Gasteiger partial charge is 0.478 e. The smallest absolute Gasteiger partial charge is 0.331 e. The van der Waals surface area contributed by atoms with Gasteiger partial charge in [0.05, 0.1) is 0 Å². The third kappa shape index (κ3) is 3.15. The SMILES string of the molecule is COC(OC)C(=C(C)C(=O)O)c1ccccc1. The third-order valence-electron chi connectivity index (χ3n) is 2.47. The Morgan fingerprint density at radius 1 is 1.18 bits per heavy atom. The highest BCUT2D eigenvalue weighted by Crippen LogP contribution is 2.24. The van der Waals surface area contributed by atoms with Crippen molar-refractivity contribution in [2.45, 2.75) is 13.2 Å². The molecule has 4 heteroatoms. The maximum Gasteiger partial charge on any atom is 0.331 e. The van der Waals surface area contributed by atoms with E-state index in [0.29, 0.717) is 5.57 Å². The summed E-state index contributed by atoms with van der Waals surface area (Å²) in [5.41, 5.74) is 1.52. The van der Waals surface area contributed by atoms with Crippen molar-refractivity contribution in [1.29, 1.82) is 0 Å². The van der Waals surface area contributed by atoms with Gasteiger partial charge in [0.2, 0.25) is 0 Å². The summed E-state index contributed by atoms with van der Waals surface area (Å²) in [7, 11) is 2.96. The van der Waals surface area contributed by atoms with Gasteiger partial charge < -0.3 is 14.6 Å². The lowest BCUT2D eigenvalue weighted by Crippen LogP contribution is -2.18. The molecule has 0 saturated carbocycles. The van der Waals surface area contributed by atoms with Gasteiger partial charge in [0.15, 0.2) is 6.29 Å². The molecule has 0 spiro atoms. The van der Waals surface area contributed by atoms with Crippen molar-refractivity contribution >= 4 is 11.5 Å². The fraction of sp³-hybridized carbons (Fsp3) is 0.308. The highest BCUT2D eigenvalue weighted by molar-refractivity contribution is 5.96. The molecule has 0 aromatic heterocycles. The molecule has 1 aromatic carbocycles. The normalized spacial score (nSPS) is 12.5. The highest BCUT2D eigenvalue weighted by Gasteiger charge is 2.20. The molecule has 92 valence electrons. The van der Waals surface area contributed by atoms with E-state index in [9.17, 15) is 4.79 Å². The second-order valence-corrected chi connectivity index (χ2v) is 3.51. The Bertz CT molecular complexity index is 405. The molecular formula is C13H16O4. The van der Waals surface area contributed by atoms with Gasteiger partial charge in [0, 0.05) is 25.4 Å². The molecular weight excluding hydrogens is 220 g/mol. The van der Waals surface area contributed by atoms with Crippen LogP contribution in [0.3, 0.4) is 0 Å². The molecule has 0 heterocycles. The zero-order valence-corrected chi connectivity index (χ0v) is 10.1. The molecule has 0 aliphatic rings. The summed E-state index contributed by atoms with van der Waals surface area (Å²) >= 11 is 0. The molecule has 0 saturated heterocycles. The molecule has 0 radical (unpaired) electrons. The van der Waals surface area contributed by atoms with E-state index in [0.717, 1.165) is 5.56 Å². The number of aliphatic carboxylic acids is 1. The van der Waals surface area contributed by atoms with E-state index < -0.39 is 12.3 Å². The van der Waals surface area contributed by atoms with Crippen molar-refractivity contribution in [3.8, 4) is 0 Å². The Hall–Kier alpha value is -1.65. The summed E-state index contributed by atoms with van der Waals surface area (Å²) in [6.45, 7) is 1.54. The molecule has 0 fully saturated rings. The average molecular weight is 236 g/mol. The Morgan fingerprint density at radius 2 is 1.71 bits per heavy atom. The van der Waals surface area contributed by atoms with Gasteiger partial charge in [-0.1, -0.05) is 30.3 Å². The summed E-state index contributed by atoms with van der Waals surface area (Å²) in [5, 5.41) is 9.08. The minimum Gasteiger partial charge on any atom is -0.478 e. The number of carbonyl (C=O) groups is 1. The molecule has 0 unspecified atom stereocenters. The lowest BCUT2D eigenvalue weighted by molar-refractivity contribution is -0.132. The van der Waals surface area contributed by atoms with Crippen LogP contribution in [0.4, 0.5) is 0 Å². The quantitative estimate of drug-likeness (QED) is 0.628. The highest BCUT2D eigenvalue weighted by atomic mass is 16.7. The van der Waals surface area contributed by atoms with Crippen LogP contribution >= 0.6 is 0 Å². The number of hydrogen-bond acceptors (Lipinski definition) is 3. The van der Waals surface area contributed by atoms with E-state index in [1.54, 1.807) is 0 Å². The second-order valence-electron chi connectivity index (χ2n) is 3.51. The predicted octanol–water partition coefficient (Wildman–Crippen LogP) is 2.16. The third-order valence-corrected chi connectivity index (χ3v) is 2.47. The van der Waals surface area contributed by atoms with Gasteiger partial charge in [-0.05, 0) is 12.5 Å². The molecule has 0 amide bonds. The van der Waals surface area contributed by atoms with E-state index >= 15 is 0 Å². The topological polar surface area (TPSA) is 55.8 Å². The van der Waals surface area contributed by atoms with Crippen LogP contribution in [0.15, 0.2) is 35.9 Å². The van der Waals surface area contributed by atoms with Crippen LogP contribution in [0.25, 0.3) is 5.57 Å². The van der Waals surface area contributed by atoms with Crippen molar-refractivity contribution in [2.75, 3.05) is 14.2 Å². The first kappa shape index (κ1) is 13.4. The summed E-state index contributed by atoms with van der Waals surface area (Å²) in [6.07, 6.45) is -0.687. The Kier molecular flexibility index (Phi) is 4.87. The van der Waals surface area contributed by atoms with Crippen LogP contribution < -0.4 is 0 Å². The molecule has 0 atom stereocenters. The maximum atomic E-state index is 11.1. The summed E-state index contributed by atoms with van der Waals surface area (Å²) in [5.74, 6) is -0.983. The summed E-state index contributed by atoms with van der Waals surface area (Å²) in [6, 6.07) is 9.20. The van der Waals surface area contributed by atoms with Crippen LogP contribution in [-0.2, 0) is 14.3 Å². The van der Waals surface area contributed by atoms with Crippen LogP contribution in [0.1, 0.15) is 12.5 Å². The van der Waals surface area contributed by atoms with Crippen molar-refractivity contribution < 1.29 is 19.4 Å². The first-order chi connectivity index (χ1) is 8.11. The molecule has 1 rings (SSSR count). The van der Waals surface area contributed by atoms with Crippen molar-refractivity contribution in [3.05, 3.63) is 41.5 Å². The lowest BCUT2D eigenvalue weighted by atomic mass is 10.00. The van der Waals surface area contributed by atoms with E-state index in [1.165, 1.54) is 21.1 Å². The average Bonchev–Trinajstić information content (AvgIpc) is 2.36. The van der Waals surface area contributed by atoms with Gasteiger partial charge in [0.25, 0.3) is 0 Å². The molecule has 0 aliphatic carbocycles. The Morgan fingerprint density at radius 3 is 2.12 bits per heavy atom. The van der Waals surface area contributed by atoms with Crippen molar-refractivity contribution in [1.82, 2.24) is 0 Å². The minimum absolute atomic E-state index is 0.213. The van der Waals surface area contributed by atoms with E-state index in [-0.39, 0.29) is 5.57 Å². The maximum absolute atomic E-state index is 11.1. The van der Waals surface area contributed by atoms with Crippen molar-refractivity contribution in [3.63, 3.8) is 0 Å². The monoisotopic (exact) mass is 236 g/mol. The van der Waals surface area contributed by atoms with Gasteiger partial charge in [-0.3, -0.25) is 0 Å². The first-order valence-corrected chi connectivity index (χ1v) is 5.16. The van der Waals surface area contributed by atoms with Gasteiger partial charge in [-0.2, -0.15) is 0 Å². The predicted molar refractivity (Wildman–Crippen MR) is 64.5 cm³/mol. The number of methoxy groups -OCH3 is 2. The number of carboxylic acids is 1. The van der Waals surface area contributed by atoms with Gasteiger partial charge in [0.1, 0.15) is 0 Å². The summed E-state index contributed by atoms with van der Waals surface area (Å²) in [4.78, 5) is 11.1.